The Morgan fingerprint density at radius 1 is 1.18 bits per heavy atom. The van der Waals surface area contributed by atoms with E-state index < -0.39 is 23.5 Å². The first-order chi connectivity index (χ1) is 10.5. The second-order valence-electron chi connectivity index (χ2n) is 4.97. The van der Waals surface area contributed by atoms with Crippen LogP contribution in [0.3, 0.4) is 0 Å². The summed E-state index contributed by atoms with van der Waals surface area (Å²) in [4.78, 5) is 24.4. The van der Waals surface area contributed by atoms with Crippen LogP contribution in [0.25, 0.3) is 0 Å². The number of furan rings is 1. The lowest BCUT2D eigenvalue weighted by Crippen LogP contribution is -2.36. The number of carboxylic acids is 1. The van der Waals surface area contributed by atoms with Crippen LogP contribution < -0.4 is 0 Å². The van der Waals surface area contributed by atoms with Gasteiger partial charge in [-0.3, -0.25) is 4.79 Å². The zero-order valence-electron chi connectivity index (χ0n) is 11.3. The zero-order valence-corrected chi connectivity index (χ0v) is 11.3. The van der Waals surface area contributed by atoms with Gasteiger partial charge in [-0.1, -0.05) is 0 Å². The number of carbonyl (C=O) groups is 2. The van der Waals surface area contributed by atoms with Gasteiger partial charge in [0.2, 0.25) is 5.76 Å². The van der Waals surface area contributed by atoms with Gasteiger partial charge in [0, 0.05) is 19.2 Å². The van der Waals surface area contributed by atoms with Crippen LogP contribution in [0.2, 0.25) is 0 Å². The Hall–Kier alpha value is -2.70. The fourth-order valence-electron chi connectivity index (χ4n) is 2.51. The molecule has 1 amide bonds. The van der Waals surface area contributed by atoms with E-state index in [0.29, 0.717) is 11.1 Å². The van der Waals surface area contributed by atoms with Gasteiger partial charge < -0.3 is 14.4 Å². The highest BCUT2D eigenvalue weighted by Crippen LogP contribution is 2.24. The van der Waals surface area contributed by atoms with Gasteiger partial charge in [0.05, 0.1) is 0 Å². The number of fused-ring (bicyclic) bond motifs is 1. The normalized spacial score (nSPS) is 13.8. The summed E-state index contributed by atoms with van der Waals surface area (Å²) in [7, 11) is 0. The molecule has 0 spiro atoms. The fourth-order valence-corrected chi connectivity index (χ4v) is 2.51. The summed E-state index contributed by atoms with van der Waals surface area (Å²) in [6.45, 7) is 0.295. The topological polar surface area (TPSA) is 70.8 Å². The summed E-state index contributed by atoms with van der Waals surface area (Å²) in [5.74, 6) is -3.55. The lowest BCUT2D eigenvalue weighted by Gasteiger charge is -2.28. The van der Waals surface area contributed by atoms with Crippen molar-refractivity contribution in [2.45, 2.75) is 13.0 Å². The van der Waals surface area contributed by atoms with Crippen molar-refractivity contribution in [3.05, 3.63) is 58.5 Å². The van der Waals surface area contributed by atoms with Crippen molar-refractivity contribution < 1.29 is 27.9 Å². The van der Waals surface area contributed by atoms with Crippen LogP contribution >= 0.6 is 0 Å². The van der Waals surface area contributed by atoms with Crippen LogP contribution in [0.1, 0.15) is 32.2 Å². The Morgan fingerprint density at radius 3 is 2.59 bits per heavy atom. The number of benzene rings is 1. The number of carbonyl (C=O) groups excluding carboxylic acids is 1. The van der Waals surface area contributed by atoms with Gasteiger partial charge in [0.1, 0.15) is 11.6 Å². The van der Waals surface area contributed by atoms with E-state index >= 15 is 0 Å². The number of carboxylic acid groups (broad SMARTS) is 1. The Kier molecular flexibility index (Phi) is 3.40. The molecule has 114 valence electrons. The van der Waals surface area contributed by atoms with Gasteiger partial charge in [0.15, 0.2) is 5.76 Å². The number of nitrogens with zero attached hydrogens (tertiary/aromatic N) is 1. The molecule has 0 bridgehead atoms. The van der Waals surface area contributed by atoms with Crippen LogP contribution in [-0.4, -0.2) is 28.4 Å². The van der Waals surface area contributed by atoms with Crippen LogP contribution in [0, 0.1) is 11.6 Å². The molecule has 0 saturated heterocycles. The maximum Gasteiger partial charge on any atom is 0.371 e. The number of hydrogen-bond donors (Lipinski definition) is 1. The number of aromatic carboxylic acids is 1. The van der Waals surface area contributed by atoms with Crippen molar-refractivity contribution in [2.75, 3.05) is 6.54 Å². The second kappa shape index (κ2) is 5.25. The van der Waals surface area contributed by atoms with Crippen molar-refractivity contribution in [1.29, 1.82) is 0 Å². The molecule has 1 aliphatic heterocycles. The smallest absolute Gasteiger partial charge is 0.371 e. The second-order valence-corrected chi connectivity index (χ2v) is 4.97. The third-order valence-corrected chi connectivity index (χ3v) is 3.56. The molecule has 22 heavy (non-hydrogen) atoms. The van der Waals surface area contributed by atoms with Crippen molar-refractivity contribution in [2.24, 2.45) is 0 Å². The highest BCUT2D eigenvalue weighted by Gasteiger charge is 2.26. The lowest BCUT2D eigenvalue weighted by atomic mass is 9.99. The maximum absolute atomic E-state index is 13.6. The van der Waals surface area contributed by atoms with E-state index in [-0.39, 0.29) is 31.0 Å². The average Bonchev–Trinajstić information content (AvgIpc) is 2.95. The Bertz CT molecular complexity index is 769. The highest BCUT2D eigenvalue weighted by molar-refractivity contribution is 5.93. The van der Waals surface area contributed by atoms with Gasteiger partial charge in [-0.25, -0.2) is 13.6 Å². The van der Waals surface area contributed by atoms with Crippen LogP contribution in [-0.2, 0) is 13.0 Å². The molecule has 0 radical (unpaired) electrons. The zero-order chi connectivity index (χ0) is 15.9. The molecule has 0 unspecified atom stereocenters. The van der Waals surface area contributed by atoms with Crippen molar-refractivity contribution in [1.82, 2.24) is 4.90 Å². The van der Waals surface area contributed by atoms with Gasteiger partial charge >= 0.3 is 5.97 Å². The Labute approximate surface area is 123 Å². The van der Waals surface area contributed by atoms with E-state index in [1.54, 1.807) is 0 Å². The van der Waals surface area contributed by atoms with Crippen molar-refractivity contribution in [3.63, 3.8) is 0 Å². The van der Waals surface area contributed by atoms with Crippen molar-refractivity contribution in [3.8, 4) is 0 Å². The first-order valence-electron chi connectivity index (χ1n) is 6.55. The largest absolute Gasteiger partial charge is 0.475 e. The van der Waals surface area contributed by atoms with Gasteiger partial charge in [-0.15, -0.1) is 0 Å². The monoisotopic (exact) mass is 307 g/mol. The summed E-state index contributed by atoms with van der Waals surface area (Å²) < 4.78 is 31.9. The summed E-state index contributed by atoms with van der Waals surface area (Å²) in [5, 5.41) is 8.78. The van der Waals surface area contributed by atoms with E-state index in [1.807, 2.05) is 0 Å². The maximum atomic E-state index is 13.6. The summed E-state index contributed by atoms with van der Waals surface area (Å²) >= 11 is 0. The molecule has 0 aliphatic carbocycles. The van der Waals surface area contributed by atoms with E-state index in [4.69, 9.17) is 9.52 Å². The summed E-state index contributed by atoms with van der Waals surface area (Å²) in [6, 6.07) is 4.48. The minimum absolute atomic E-state index is 0.0476. The highest BCUT2D eigenvalue weighted by atomic mass is 19.1. The Balaban J connectivity index is 1.84. The van der Waals surface area contributed by atoms with Crippen molar-refractivity contribution >= 4 is 11.9 Å². The molecule has 5 nitrogen and oxygen atoms in total. The molecule has 0 fully saturated rings. The van der Waals surface area contributed by atoms with E-state index in [9.17, 15) is 18.4 Å². The standard InChI is InChI=1S/C15H11F2NO4/c16-9-5-8-7-18(4-3-10(8)11(17)6-9)14(19)12-1-2-13(22-12)15(20)21/h1-2,5-6H,3-4,7H2,(H,20,21). The van der Waals surface area contributed by atoms with Crippen LogP contribution in [0.5, 0.6) is 0 Å². The third-order valence-electron chi connectivity index (χ3n) is 3.56. The molecule has 1 N–H and O–H groups in total. The molecule has 0 saturated carbocycles. The summed E-state index contributed by atoms with van der Waals surface area (Å²) in [5.41, 5.74) is 0.804. The molecule has 7 heteroatoms. The predicted octanol–water partition coefficient (Wildman–Crippen LogP) is 2.45. The molecule has 1 aromatic carbocycles. The van der Waals surface area contributed by atoms with E-state index in [0.717, 1.165) is 6.07 Å². The lowest BCUT2D eigenvalue weighted by molar-refractivity contribution is 0.0644. The number of amides is 1. The molecule has 2 aromatic rings. The summed E-state index contributed by atoms with van der Waals surface area (Å²) in [6.07, 6.45) is 0.264. The van der Waals surface area contributed by atoms with Crippen LogP contribution in [0.4, 0.5) is 8.78 Å². The number of rotatable bonds is 2. The number of hydrogen-bond acceptors (Lipinski definition) is 3. The third kappa shape index (κ3) is 2.45. The van der Waals surface area contributed by atoms with Gasteiger partial charge in [0.25, 0.3) is 5.91 Å². The molecule has 0 atom stereocenters. The molecule has 1 aliphatic rings. The Morgan fingerprint density at radius 2 is 1.91 bits per heavy atom. The first kappa shape index (κ1) is 14.2. The van der Waals surface area contributed by atoms with Gasteiger partial charge in [-0.2, -0.15) is 0 Å². The quantitative estimate of drug-likeness (QED) is 0.925. The fraction of sp³-hybridized carbons (Fsp3) is 0.200. The molecular formula is C15H11F2NO4. The molecule has 2 heterocycles. The van der Waals surface area contributed by atoms with E-state index in [2.05, 4.69) is 0 Å². The average molecular weight is 307 g/mol. The molecular weight excluding hydrogens is 296 g/mol. The molecule has 3 rings (SSSR count). The van der Waals surface area contributed by atoms with E-state index in [1.165, 1.54) is 23.1 Å². The first-order valence-corrected chi connectivity index (χ1v) is 6.55. The minimum Gasteiger partial charge on any atom is -0.475 e. The molecule has 1 aromatic heterocycles. The number of halogens is 2. The van der Waals surface area contributed by atoms with Gasteiger partial charge in [-0.05, 0) is 35.7 Å². The minimum atomic E-state index is -1.27. The van der Waals surface area contributed by atoms with Crippen LogP contribution in [0.15, 0.2) is 28.7 Å². The predicted molar refractivity (Wildman–Crippen MR) is 70.5 cm³/mol. The SMILES string of the molecule is O=C(O)c1ccc(C(=O)N2CCc3c(F)cc(F)cc3C2)o1.